The second-order valence-corrected chi connectivity index (χ2v) is 5.85. The van der Waals surface area contributed by atoms with Crippen molar-refractivity contribution in [3.8, 4) is 0 Å². The maximum Gasteiger partial charge on any atom is 0.226 e. The molecule has 0 aliphatic carbocycles. The van der Waals surface area contributed by atoms with E-state index in [0.29, 0.717) is 12.0 Å². The summed E-state index contributed by atoms with van der Waals surface area (Å²) in [4.78, 5) is 15.7. The van der Waals surface area contributed by atoms with Crippen LogP contribution in [0.1, 0.15) is 13.8 Å². The number of aromatic nitrogens is 2. The Morgan fingerprint density at radius 3 is 2.68 bits per heavy atom. The highest BCUT2D eigenvalue weighted by atomic mass is 15.3. The van der Waals surface area contributed by atoms with Gasteiger partial charge in [-0.15, -0.1) is 0 Å². The smallest absolute Gasteiger partial charge is 0.226 e. The van der Waals surface area contributed by atoms with E-state index < -0.39 is 0 Å². The van der Waals surface area contributed by atoms with Gasteiger partial charge in [-0.2, -0.15) is 4.98 Å². The number of hydrogen-bond acceptors (Lipinski definition) is 5. The van der Waals surface area contributed by atoms with Crippen LogP contribution in [0.5, 0.6) is 0 Å². The first-order valence-corrected chi connectivity index (χ1v) is 6.94. The van der Waals surface area contributed by atoms with Crippen molar-refractivity contribution in [2.24, 2.45) is 5.92 Å². The molecule has 0 amide bonds. The summed E-state index contributed by atoms with van der Waals surface area (Å²) in [6.45, 7) is 7.73. The average Bonchev–Trinajstić information content (AvgIpc) is 2.39. The molecule has 0 unspecified atom stereocenters. The lowest BCUT2D eigenvalue weighted by Crippen LogP contribution is -2.53. The summed E-state index contributed by atoms with van der Waals surface area (Å²) in [5, 5.41) is 0. The Balaban J connectivity index is 2.16. The van der Waals surface area contributed by atoms with Gasteiger partial charge in [0, 0.05) is 46.0 Å². The summed E-state index contributed by atoms with van der Waals surface area (Å²) in [6, 6.07) is 2.60. The van der Waals surface area contributed by atoms with Crippen LogP contribution < -0.4 is 9.80 Å². The lowest BCUT2D eigenvalue weighted by atomic mass is 10.0. The van der Waals surface area contributed by atoms with Crippen molar-refractivity contribution in [1.29, 1.82) is 0 Å². The molecule has 106 valence electrons. The van der Waals surface area contributed by atoms with Gasteiger partial charge in [0.25, 0.3) is 0 Å². The van der Waals surface area contributed by atoms with Gasteiger partial charge in [0.05, 0.1) is 0 Å². The quantitative estimate of drug-likeness (QED) is 0.822. The van der Waals surface area contributed by atoms with Crippen molar-refractivity contribution in [3.63, 3.8) is 0 Å². The van der Waals surface area contributed by atoms with Crippen LogP contribution in [0.15, 0.2) is 12.3 Å². The molecule has 0 N–H and O–H groups in total. The molecule has 5 heteroatoms. The number of likely N-dealkylation sites (N-methyl/N-ethyl adjacent to an activating group) is 1. The van der Waals surface area contributed by atoms with E-state index >= 15 is 0 Å². The average molecular weight is 263 g/mol. The van der Waals surface area contributed by atoms with Crippen LogP contribution in [-0.4, -0.2) is 61.7 Å². The Morgan fingerprint density at radius 1 is 1.32 bits per heavy atom. The maximum atomic E-state index is 4.64. The number of hydrogen-bond donors (Lipinski definition) is 0. The zero-order valence-corrected chi connectivity index (χ0v) is 12.7. The third-order valence-electron chi connectivity index (χ3n) is 3.82. The van der Waals surface area contributed by atoms with Crippen LogP contribution in [-0.2, 0) is 0 Å². The molecule has 0 aromatic carbocycles. The molecule has 1 aliphatic heterocycles. The van der Waals surface area contributed by atoms with Crippen LogP contribution in [0.2, 0.25) is 0 Å². The highest BCUT2D eigenvalue weighted by molar-refractivity contribution is 5.43. The van der Waals surface area contributed by atoms with Crippen LogP contribution in [0.4, 0.5) is 11.8 Å². The Labute approximate surface area is 116 Å². The maximum absolute atomic E-state index is 4.64. The first-order valence-electron chi connectivity index (χ1n) is 6.94. The van der Waals surface area contributed by atoms with Crippen LogP contribution in [0.25, 0.3) is 0 Å². The number of nitrogens with zero attached hydrogens (tertiary/aromatic N) is 5. The molecule has 2 heterocycles. The molecule has 1 aromatic heterocycles. The fourth-order valence-corrected chi connectivity index (χ4v) is 2.56. The summed E-state index contributed by atoms with van der Waals surface area (Å²) in [7, 11) is 6.16. The Hall–Kier alpha value is -1.36. The zero-order valence-electron chi connectivity index (χ0n) is 12.7. The van der Waals surface area contributed by atoms with Crippen LogP contribution >= 0.6 is 0 Å². The standard InChI is InChI=1S/C14H25N5/c1-11(2)12-10-19(9-8-18(12)5)13-6-7-15-14(16-13)17(3)4/h6-7,11-12H,8-10H2,1-5H3/t12-/m1/s1. The van der Waals surface area contributed by atoms with Gasteiger partial charge in [-0.25, -0.2) is 4.98 Å². The minimum Gasteiger partial charge on any atom is -0.354 e. The van der Waals surface area contributed by atoms with Crippen molar-refractivity contribution in [3.05, 3.63) is 12.3 Å². The molecule has 0 spiro atoms. The SMILES string of the molecule is CC(C)[C@H]1CN(c2ccnc(N(C)C)n2)CCN1C. The molecule has 1 aliphatic rings. The predicted octanol–water partition coefficient (Wildman–Crippen LogP) is 1.32. The van der Waals surface area contributed by atoms with Gasteiger partial charge in [0.1, 0.15) is 5.82 Å². The van der Waals surface area contributed by atoms with E-state index in [-0.39, 0.29) is 0 Å². The van der Waals surface area contributed by atoms with Gasteiger partial charge in [0.2, 0.25) is 5.95 Å². The van der Waals surface area contributed by atoms with Gasteiger partial charge in [-0.1, -0.05) is 13.8 Å². The molecule has 0 bridgehead atoms. The van der Waals surface area contributed by atoms with E-state index in [4.69, 9.17) is 0 Å². The summed E-state index contributed by atoms with van der Waals surface area (Å²) >= 11 is 0. The summed E-state index contributed by atoms with van der Waals surface area (Å²) in [5.41, 5.74) is 0. The van der Waals surface area contributed by atoms with Crippen molar-refractivity contribution < 1.29 is 0 Å². The monoisotopic (exact) mass is 263 g/mol. The Kier molecular flexibility index (Phi) is 4.24. The lowest BCUT2D eigenvalue weighted by molar-refractivity contribution is 0.173. The Morgan fingerprint density at radius 2 is 2.05 bits per heavy atom. The van der Waals surface area contributed by atoms with Gasteiger partial charge in [-0.3, -0.25) is 4.90 Å². The van der Waals surface area contributed by atoms with Crippen LogP contribution in [0, 0.1) is 5.92 Å². The summed E-state index contributed by atoms with van der Waals surface area (Å²) < 4.78 is 0. The molecule has 1 atom stereocenters. The molecular formula is C14H25N5. The highest BCUT2D eigenvalue weighted by Crippen LogP contribution is 2.21. The van der Waals surface area contributed by atoms with E-state index in [9.17, 15) is 0 Å². The van der Waals surface area contributed by atoms with Gasteiger partial charge in [-0.05, 0) is 19.0 Å². The van der Waals surface area contributed by atoms with Crippen molar-refractivity contribution >= 4 is 11.8 Å². The normalized spacial score (nSPS) is 20.9. The summed E-state index contributed by atoms with van der Waals surface area (Å²) in [5.74, 6) is 2.47. The fraction of sp³-hybridized carbons (Fsp3) is 0.714. The van der Waals surface area contributed by atoms with Gasteiger partial charge in [0.15, 0.2) is 0 Å². The molecule has 0 saturated carbocycles. The van der Waals surface area contributed by atoms with Gasteiger partial charge < -0.3 is 9.80 Å². The zero-order chi connectivity index (χ0) is 14.0. The molecule has 1 aromatic rings. The van der Waals surface area contributed by atoms with Crippen molar-refractivity contribution in [1.82, 2.24) is 14.9 Å². The van der Waals surface area contributed by atoms with E-state index in [1.165, 1.54) is 0 Å². The van der Waals surface area contributed by atoms with Crippen LogP contribution in [0.3, 0.4) is 0 Å². The molecular weight excluding hydrogens is 238 g/mol. The highest BCUT2D eigenvalue weighted by Gasteiger charge is 2.27. The first kappa shape index (κ1) is 14.1. The number of piperazine rings is 1. The largest absolute Gasteiger partial charge is 0.354 e. The third-order valence-corrected chi connectivity index (χ3v) is 3.82. The Bertz CT molecular complexity index is 418. The molecule has 2 rings (SSSR count). The van der Waals surface area contributed by atoms with Crippen molar-refractivity contribution in [2.45, 2.75) is 19.9 Å². The second-order valence-electron chi connectivity index (χ2n) is 5.85. The number of rotatable bonds is 3. The minimum atomic E-state index is 0.589. The fourth-order valence-electron chi connectivity index (χ4n) is 2.56. The molecule has 1 fully saturated rings. The first-order chi connectivity index (χ1) is 8.99. The molecule has 19 heavy (non-hydrogen) atoms. The third kappa shape index (κ3) is 3.15. The van der Waals surface area contributed by atoms with Crippen molar-refractivity contribution in [2.75, 3.05) is 50.6 Å². The predicted molar refractivity (Wildman–Crippen MR) is 79.8 cm³/mol. The van der Waals surface area contributed by atoms with E-state index in [1.807, 2.05) is 31.3 Å². The van der Waals surface area contributed by atoms with E-state index in [2.05, 4.69) is 40.7 Å². The lowest BCUT2D eigenvalue weighted by Gasteiger charge is -2.42. The molecule has 0 radical (unpaired) electrons. The van der Waals surface area contributed by atoms with Gasteiger partial charge >= 0.3 is 0 Å². The number of anilines is 2. The van der Waals surface area contributed by atoms with E-state index in [0.717, 1.165) is 31.4 Å². The topological polar surface area (TPSA) is 35.5 Å². The van der Waals surface area contributed by atoms with E-state index in [1.54, 1.807) is 0 Å². The molecule has 1 saturated heterocycles. The molecule has 5 nitrogen and oxygen atoms in total. The summed E-state index contributed by atoms with van der Waals surface area (Å²) in [6.07, 6.45) is 1.85. The second kappa shape index (κ2) is 5.74. The minimum absolute atomic E-state index is 0.589.